The van der Waals surface area contributed by atoms with Gasteiger partial charge in [-0.25, -0.2) is 0 Å². The summed E-state index contributed by atoms with van der Waals surface area (Å²) in [5.41, 5.74) is 5.53. The Bertz CT molecular complexity index is 295. The highest BCUT2D eigenvalue weighted by Crippen LogP contribution is 2.16. The molecule has 64 valence electrons. The van der Waals surface area contributed by atoms with Gasteiger partial charge in [0.05, 0.1) is 0 Å². The van der Waals surface area contributed by atoms with Gasteiger partial charge in [-0.15, -0.1) is 6.58 Å². The standard InChI is InChI=1S/C12H16/c1-5-6-12-8-9(2)7-10(3)11(12)4/h5,7-8H,1,6H2,2-4H3. The Morgan fingerprint density at radius 3 is 2.50 bits per heavy atom. The van der Waals surface area contributed by atoms with Gasteiger partial charge >= 0.3 is 0 Å². The average molecular weight is 160 g/mol. The van der Waals surface area contributed by atoms with Crippen LogP contribution < -0.4 is 0 Å². The predicted octanol–water partition coefficient (Wildman–Crippen LogP) is 3.34. The maximum absolute atomic E-state index is 3.76. The Labute approximate surface area is 74.9 Å². The van der Waals surface area contributed by atoms with Crippen LogP contribution in [0, 0.1) is 20.8 Å². The molecule has 0 saturated carbocycles. The molecule has 0 aliphatic heterocycles. The van der Waals surface area contributed by atoms with E-state index in [1.165, 1.54) is 22.3 Å². The Kier molecular flexibility index (Phi) is 2.69. The molecule has 0 radical (unpaired) electrons. The van der Waals surface area contributed by atoms with Gasteiger partial charge in [-0.1, -0.05) is 23.8 Å². The van der Waals surface area contributed by atoms with Crippen LogP contribution in [0.5, 0.6) is 0 Å². The van der Waals surface area contributed by atoms with Gasteiger partial charge in [-0.3, -0.25) is 0 Å². The second-order valence-corrected chi connectivity index (χ2v) is 3.36. The molecule has 12 heavy (non-hydrogen) atoms. The fourth-order valence-electron chi connectivity index (χ4n) is 1.50. The lowest BCUT2D eigenvalue weighted by Gasteiger charge is -2.07. The van der Waals surface area contributed by atoms with E-state index in [2.05, 4.69) is 39.5 Å². The first-order valence-electron chi connectivity index (χ1n) is 4.32. The molecule has 1 aromatic rings. The average Bonchev–Trinajstić information content (AvgIpc) is 2.00. The summed E-state index contributed by atoms with van der Waals surface area (Å²) in [5, 5.41) is 0. The Morgan fingerprint density at radius 1 is 1.25 bits per heavy atom. The molecule has 0 aromatic heterocycles. The van der Waals surface area contributed by atoms with E-state index >= 15 is 0 Å². The molecule has 0 N–H and O–H groups in total. The molecule has 0 amide bonds. The SMILES string of the molecule is C=CCc1cc(C)cc(C)c1C. The fraction of sp³-hybridized carbons (Fsp3) is 0.333. The number of benzene rings is 1. The number of hydrogen-bond acceptors (Lipinski definition) is 0. The van der Waals surface area contributed by atoms with E-state index in [4.69, 9.17) is 0 Å². The summed E-state index contributed by atoms with van der Waals surface area (Å²) in [6.45, 7) is 10.2. The lowest BCUT2D eigenvalue weighted by atomic mass is 9.98. The van der Waals surface area contributed by atoms with Crippen LogP contribution in [0.3, 0.4) is 0 Å². The van der Waals surface area contributed by atoms with Crippen molar-refractivity contribution in [3.8, 4) is 0 Å². The maximum atomic E-state index is 3.76. The molecular formula is C12H16. The predicted molar refractivity (Wildman–Crippen MR) is 54.6 cm³/mol. The Balaban J connectivity index is 3.17. The van der Waals surface area contributed by atoms with E-state index in [1.54, 1.807) is 0 Å². The minimum atomic E-state index is 0.981. The van der Waals surface area contributed by atoms with Crippen molar-refractivity contribution >= 4 is 0 Å². The normalized spacial score (nSPS) is 9.92. The zero-order valence-electron chi connectivity index (χ0n) is 8.15. The maximum Gasteiger partial charge on any atom is -0.00973 e. The van der Waals surface area contributed by atoms with Gasteiger partial charge in [0.15, 0.2) is 0 Å². The number of allylic oxidation sites excluding steroid dienone is 1. The molecule has 0 spiro atoms. The minimum absolute atomic E-state index is 0.981. The highest BCUT2D eigenvalue weighted by molar-refractivity contribution is 5.38. The summed E-state index contributed by atoms with van der Waals surface area (Å²) in [7, 11) is 0. The summed E-state index contributed by atoms with van der Waals surface area (Å²) in [4.78, 5) is 0. The van der Waals surface area contributed by atoms with E-state index in [0.29, 0.717) is 0 Å². The molecule has 0 aliphatic carbocycles. The van der Waals surface area contributed by atoms with E-state index in [0.717, 1.165) is 6.42 Å². The molecule has 1 aromatic carbocycles. The molecule has 1 rings (SSSR count). The summed E-state index contributed by atoms with van der Waals surface area (Å²) in [5.74, 6) is 0. The molecular weight excluding hydrogens is 144 g/mol. The molecule has 0 aliphatic rings. The van der Waals surface area contributed by atoms with Crippen LogP contribution in [-0.2, 0) is 6.42 Å². The highest BCUT2D eigenvalue weighted by Gasteiger charge is 1.99. The van der Waals surface area contributed by atoms with Crippen LogP contribution in [-0.4, -0.2) is 0 Å². The largest absolute Gasteiger partial charge is 0.103 e. The molecule has 0 nitrogen and oxygen atoms in total. The van der Waals surface area contributed by atoms with Gasteiger partial charge in [0, 0.05) is 0 Å². The fourth-order valence-corrected chi connectivity index (χ4v) is 1.50. The molecule has 0 fully saturated rings. The highest BCUT2D eigenvalue weighted by atomic mass is 14.0. The number of aryl methyl sites for hydroxylation is 2. The van der Waals surface area contributed by atoms with Crippen molar-refractivity contribution in [2.24, 2.45) is 0 Å². The van der Waals surface area contributed by atoms with Crippen molar-refractivity contribution in [3.05, 3.63) is 47.0 Å². The van der Waals surface area contributed by atoms with Gasteiger partial charge < -0.3 is 0 Å². The topological polar surface area (TPSA) is 0 Å². The first-order chi connectivity index (χ1) is 5.65. The Morgan fingerprint density at radius 2 is 1.92 bits per heavy atom. The molecule has 0 heterocycles. The molecule has 0 atom stereocenters. The van der Waals surface area contributed by atoms with Crippen molar-refractivity contribution in [2.45, 2.75) is 27.2 Å². The van der Waals surface area contributed by atoms with Gasteiger partial charge in [-0.05, 0) is 43.9 Å². The number of hydrogen-bond donors (Lipinski definition) is 0. The van der Waals surface area contributed by atoms with E-state index in [9.17, 15) is 0 Å². The summed E-state index contributed by atoms with van der Waals surface area (Å²) in [6, 6.07) is 4.46. The van der Waals surface area contributed by atoms with Crippen LogP contribution in [0.4, 0.5) is 0 Å². The lowest BCUT2D eigenvalue weighted by Crippen LogP contribution is -1.91. The molecule has 0 saturated heterocycles. The zero-order chi connectivity index (χ0) is 9.14. The van der Waals surface area contributed by atoms with Crippen molar-refractivity contribution in [3.63, 3.8) is 0 Å². The van der Waals surface area contributed by atoms with Crippen molar-refractivity contribution < 1.29 is 0 Å². The van der Waals surface area contributed by atoms with Gasteiger partial charge in [0.1, 0.15) is 0 Å². The van der Waals surface area contributed by atoms with Gasteiger partial charge in [0.2, 0.25) is 0 Å². The summed E-state index contributed by atoms with van der Waals surface area (Å²) >= 11 is 0. The zero-order valence-corrected chi connectivity index (χ0v) is 8.15. The van der Waals surface area contributed by atoms with Crippen LogP contribution in [0.2, 0.25) is 0 Å². The minimum Gasteiger partial charge on any atom is -0.103 e. The molecule has 0 heteroatoms. The summed E-state index contributed by atoms with van der Waals surface area (Å²) in [6.07, 6.45) is 2.94. The van der Waals surface area contributed by atoms with Crippen molar-refractivity contribution in [1.82, 2.24) is 0 Å². The number of rotatable bonds is 2. The van der Waals surface area contributed by atoms with Crippen molar-refractivity contribution in [2.75, 3.05) is 0 Å². The third kappa shape index (κ3) is 1.76. The van der Waals surface area contributed by atoms with E-state index in [-0.39, 0.29) is 0 Å². The third-order valence-electron chi connectivity index (χ3n) is 2.28. The second kappa shape index (κ2) is 3.57. The smallest absolute Gasteiger partial charge is 0.00973 e. The van der Waals surface area contributed by atoms with Crippen LogP contribution in [0.25, 0.3) is 0 Å². The first kappa shape index (κ1) is 9.05. The van der Waals surface area contributed by atoms with E-state index < -0.39 is 0 Å². The van der Waals surface area contributed by atoms with E-state index in [1.807, 2.05) is 6.08 Å². The summed E-state index contributed by atoms with van der Waals surface area (Å²) < 4.78 is 0. The quantitative estimate of drug-likeness (QED) is 0.582. The van der Waals surface area contributed by atoms with Crippen molar-refractivity contribution in [1.29, 1.82) is 0 Å². The van der Waals surface area contributed by atoms with Crippen LogP contribution >= 0.6 is 0 Å². The lowest BCUT2D eigenvalue weighted by molar-refractivity contribution is 1.16. The van der Waals surface area contributed by atoms with Gasteiger partial charge in [-0.2, -0.15) is 0 Å². The Hall–Kier alpha value is -1.04. The van der Waals surface area contributed by atoms with Crippen LogP contribution in [0.15, 0.2) is 24.8 Å². The second-order valence-electron chi connectivity index (χ2n) is 3.36. The van der Waals surface area contributed by atoms with Crippen LogP contribution in [0.1, 0.15) is 22.3 Å². The molecule has 0 bridgehead atoms. The monoisotopic (exact) mass is 160 g/mol. The first-order valence-corrected chi connectivity index (χ1v) is 4.32. The van der Waals surface area contributed by atoms with Gasteiger partial charge in [0.25, 0.3) is 0 Å². The third-order valence-corrected chi connectivity index (χ3v) is 2.28. The molecule has 0 unspecified atom stereocenters.